The van der Waals surface area contributed by atoms with E-state index in [0.29, 0.717) is 5.01 Å². The van der Waals surface area contributed by atoms with Gasteiger partial charge >= 0.3 is 0 Å². The Balaban J connectivity index is 2.41. The van der Waals surface area contributed by atoms with Gasteiger partial charge in [0.2, 0.25) is 0 Å². The predicted octanol–water partition coefficient (Wildman–Crippen LogP) is 2.18. The molecule has 1 amide bonds. The van der Waals surface area contributed by atoms with Crippen LogP contribution < -0.4 is 10.5 Å². The lowest BCUT2D eigenvalue weighted by atomic mass is 10.3. The van der Waals surface area contributed by atoms with Crippen molar-refractivity contribution in [1.82, 2.24) is 4.98 Å². The van der Waals surface area contributed by atoms with Crippen molar-refractivity contribution in [1.29, 1.82) is 0 Å². The zero-order valence-corrected chi connectivity index (χ0v) is 9.88. The summed E-state index contributed by atoms with van der Waals surface area (Å²) in [6.07, 6.45) is 0.126. The van der Waals surface area contributed by atoms with Crippen LogP contribution in [0.2, 0.25) is 0 Å². The molecule has 0 bridgehead atoms. The summed E-state index contributed by atoms with van der Waals surface area (Å²) in [5, 5.41) is 0.330. The molecular formula is C11H12N2O2S. The first-order chi connectivity index (χ1) is 7.56. The Hall–Kier alpha value is -1.62. The van der Waals surface area contributed by atoms with Gasteiger partial charge in [-0.2, -0.15) is 0 Å². The van der Waals surface area contributed by atoms with Crippen LogP contribution in [0.3, 0.4) is 0 Å². The Morgan fingerprint density at radius 2 is 2.25 bits per heavy atom. The number of fused-ring (bicyclic) bond motifs is 1. The van der Waals surface area contributed by atoms with Crippen molar-refractivity contribution in [2.24, 2.45) is 5.73 Å². The Labute approximate surface area is 97.0 Å². The third-order valence-electron chi connectivity index (χ3n) is 1.94. The average molecular weight is 236 g/mol. The van der Waals surface area contributed by atoms with E-state index >= 15 is 0 Å². The molecule has 0 aliphatic rings. The second-order valence-electron chi connectivity index (χ2n) is 3.68. The summed E-state index contributed by atoms with van der Waals surface area (Å²) in [7, 11) is 0. The molecule has 0 saturated heterocycles. The summed E-state index contributed by atoms with van der Waals surface area (Å²) in [6.45, 7) is 3.93. The van der Waals surface area contributed by atoms with Gasteiger partial charge in [-0.1, -0.05) is 0 Å². The fourth-order valence-corrected chi connectivity index (χ4v) is 2.20. The predicted molar refractivity (Wildman–Crippen MR) is 63.9 cm³/mol. The summed E-state index contributed by atoms with van der Waals surface area (Å²) in [5.41, 5.74) is 5.95. The van der Waals surface area contributed by atoms with Crippen molar-refractivity contribution in [2.75, 3.05) is 0 Å². The molecule has 1 heterocycles. The quantitative estimate of drug-likeness (QED) is 0.888. The lowest BCUT2D eigenvalue weighted by Gasteiger charge is -2.08. The van der Waals surface area contributed by atoms with Crippen LogP contribution in [0.25, 0.3) is 10.2 Å². The van der Waals surface area contributed by atoms with Crippen molar-refractivity contribution in [3.05, 3.63) is 23.2 Å². The van der Waals surface area contributed by atoms with Gasteiger partial charge in [-0.25, -0.2) is 4.98 Å². The first kappa shape index (κ1) is 10.9. The zero-order chi connectivity index (χ0) is 11.7. The van der Waals surface area contributed by atoms with E-state index in [9.17, 15) is 4.79 Å². The average Bonchev–Trinajstić information content (AvgIpc) is 2.59. The Bertz CT molecular complexity index is 534. The Morgan fingerprint density at radius 1 is 1.50 bits per heavy atom. The molecule has 1 aromatic carbocycles. The van der Waals surface area contributed by atoms with Crippen LogP contribution in [0.5, 0.6) is 5.75 Å². The number of hydrogen-bond donors (Lipinski definition) is 1. The maximum atomic E-state index is 11.0. The van der Waals surface area contributed by atoms with Gasteiger partial charge in [0.05, 0.1) is 16.3 Å². The number of primary amides is 1. The number of hydrogen-bond acceptors (Lipinski definition) is 4. The molecule has 0 fully saturated rings. The van der Waals surface area contributed by atoms with Crippen LogP contribution >= 0.6 is 11.3 Å². The molecule has 2 rings (SSSR count). The summed E-state index contributed by atoms with van der Waals surface area (Å²) >= 11 is 1.28. The van der Waals surface area contributed by atoms with Gasteiger partial charge in [0, 0.05) is 0 Å². The number of rotatable bonds is 3. The number of carbonyl (C=O) groups excluding carboxylic acids is 1. The Morgan fingerprint density at radius 3 is 2.88 bits per heavy atom. The number of amides is 1. The normalized spacial score (nSPS) is 10.9. The van der Waals surface area contributed by atoms with Gasteiger partial charge in [-0.05, 0) is 32.0 Å². The van der Waals surface area contributed by atoms with Crippen molar-refractivity contribution in [3.63, 3.8) is 0 Å². The van der Waals surface area contributed by atoms with Gasteiger partial charge < -0.3 is 10.5 Å². The molecule has 0 saturated carbocycles. The van der Waals surface area contributed by atoms with Crippen molar-refractivity contribution >= 4 is 27.5 Å². The lowest BCUT2D eigenvalue weighted by molar-refractivity contribution is 0.1000. The number of nitrogens with two attached hydrogens (primary N) is 1. The van der Waals surface area contributed by atoms with E-state index < -0.39 is 5.91 Å². The summed E-state index contributed by atoms with van der Waals surface area (Å²) in [5.74, 6) is 0.287. The molecule has 0 spiro atoms. The minimum absolute atomic E-state index is 0.126. The third kappa shape index (κ3) is 2.14. The van der Waals surface area contributed by atoms with Gasteiger partial charge in [0.25, 0.3) is 5.91 Å². The lowest BCUT2D eigenvalue weighted by Crippen LogP contribution is -2.09. The molecule has 0 aliphatic carbocycles. The van der Waals surface area contributed by atoms with E-state index in [4.69, 9.17) is 10.5 Å². The van der Waals surface area contributed by atoms with Crippen LogP contribution in [0.15, 0.2) is 18.2 Å². The van der Waals surface area contributed by atoms with Crippen LogP contribution in [0.4, 0.5) is 0 Å². The summed E-state index contributed by atoms with van der Waals surface area (Å²) < 4.78 is 6.46. The van der Waals surface area contributed by atoms with Gasteiger partial charge in [0.15, 0.2) is 5.01 Å². The monoisotopic (exact) mass is 236 g/mol. The summed E-state index contributed by atoms with van der Waals surface area (Å²) in [4.78, 5) is 15.1. The zero-order valence-electron chi connectivity index (χ0n) is 9.06. The minimum Gasteiger partial charge on any atom is -0.491 e. The smallest absolute Gasteiger partial charge is 0.277 e. The molecule has 16 heavy (non-hydrogen) atoms. The van der Waals surface area contributed by atoms with Crippen molar-refractivity contribution in [2.45, 2.75) is 20.0 Å². The van der Waals surface area contributed by atoms with Gasteiger partial charge in [0.1, 0.15) is 5.75 Å². The second-order valence-corrected chi connectivity index (χ2v) is 4.71. The maximum absolute atomic E-state index is 11.0. The highest BCUT2D eigenvalue weighted by Gasteiger charge is 2.09. The largest absolute Gasteiger partial charge is 0.491 e. The van der Waals surface area contributed by atoms with E-state index in [1.54, 1.807) is 0 Å². The molecular weight excluding hydrogens is 224 g/mol. The van der Waals surface area contributed by atoms with Crippen LogP contribution in [0, 0.1) is 0 Å². The first-order valence-corrected chi connectivity index (χ1v) is 5.75. The molecule has 5 heteroatoms. The van der Waals surface area contributed by atoms with Crippen molar-refractivity contribution < 1.29 is 9.53 Å². The first-order valence-electron chi connectivity index (χ1n) is 4.93. The summed E-state index contributed by atoms with van der Waals surface area (Å²) in [6, 6.07) is 5.54. The van der Waals surface area contributed by atoms with E-state index in [0.717, 1.165) is 16.0 Å². The SMILES string of the molecule is CC(C)Oc1ccc2nc(C(N)=O)sc2c1. The topological polar surface area (TPSA) is 65.2 Å². The minimum atomic E-state index is -0.493. The van der Waals surface area contributed by atoms with E-state index in [-0.39, 0.29) is 6.10 Å². The highest BCUT2D eigenvalue weighted by atomic mass is 32.1. The highest BCUT2D eigenvalue weighted by molar-refractivity contribution is 7.20. The molecule has 0 radical (unpaired) electrons. The standard InChI is InChI=1S/C11H12N2O2S/c1-6(2)15-7-3-4-8-9(5-7)16-11(13-8)10(12)14/h3-6H,1-2H3,(H2,12,14). The Kier molecular flexibility index (Phi) is 2.78. The highest BCUT2D eigenvalue weighted by Crippen LogP contribution is 2.26. The molecule has 2 aromatic rings. The number of ether oxygens (including phenoxy) is 1. The molecule has 4 nitrogen and oxygen atoms in total. The van der Waals surface area contributed by atoms with Gasteiger partial charge in [-0.3, -0.25) is 4.79 Å². The van der Waals surface area contributed by atoms with Crippen LogP contribution in [-0.4, -0.2) is 17.0 Å². The van der Waals surface area contributed by atoms with E-state index in [1.807, 2.05) is 32.0 Å². The molecule has 0 aliphatic heterocycles. The number of benzene rings is 1. The van der Waals surface area contributed by atoms with Gasteiger partial charge in [-0.15, -0.1) is 11.3 Å². The molecule has 1 aromatic heterocycles. The fourth-order valence-electron chi connectivity index (χ4n) is 1.36. The number of aromatic nitrogens is 1. The van der Waals surface area contributed by atoms with Crippen LogP contribution in [0.1, 0.15) is 23.6 Å². The van der Waals surface area contributed by atoms with Crippen molar-refractivity contribution in [3.8, 4) is 5.75 Å². The number of thiazole rings is 1. The number of nitrogens with zero attached hydrogens (tertiary/aromatic N) is 1. The van der Waals surface area contributed by atoms with E-state index in [1.165, 1.54) is 11.3 Å². The van der Waals surface area contributed by atoms with E-state index in [2.05, 4.69) is 4.98 Å². The second kappa shape index (κ2) is 4.09. The third-order valence-corrected chi connectivity index (χ3v) is 2.98. The molecule has 0 unspecified atom stereocenters. The molecule has 84 valence electrons. The molecule has 0 atom stereocenters. The van der Waals surface area contributed by atoms with Crippen LogP contribution in [-0.2, 0) is 0 Å². The number of carbonyl (C=O) groups is 1. The fraction of sp³-hybridized carbons (Fsp3) is 0.273. The maximum Gasteiger partial charge on any atom is 0.277 e. The molecule has 2 N–H and O–H groups in total.